The summed E-state index contributed by atoms with van der Waals surface area (Å²) >= 11 is 4.76. The molecule has 0 bridgehead atoms. The number of halogens is 1. The highest BCUT2D eigenvalue weighted by Crippen LogP contribution is 2.35. The molecule has 0 saturated carbocycles. The number of thiazole rings is 1. The Kier molecular flexibility index (Phi) is 8.14. The third kappa shape index (κ3) is 5.33. The summed E-state index contributed by atoms with van der Waals surface area (Å²) < 4.78 is 19.5. The zero-order valence-corrected chi connectivity index (χ0v) is 23.4. The molecule has 192 valence electrons. The van der Waals surface area contributed by atoms with Crippen molar-refractivity contribution in [2.24, 2.45) is 4.99 Å². The molecule has 9 heteroatoms. The second-order valence-corrected chi connectivity index (χ2v) is 10.3. The van der Waals surface area contributed by atoms with Crippen molar-refractivity contribution in [1.29, 1.82) is 0 Å². The molecule has 0 fully saturated rings. The topological polar surface area (TPSA) is 79.1 Å². The minimum atomic E-state index is -0.661. The first-order chi connectivity index (χ1) is 17.8. The van der Waals surface area contributed by atoms with Gasteiger partial charge in [0.05, 0.1) is 35.6 Å². The predicted octanol–water partition coefficient (Wildman–Crippen LogP) is 4.44. The van der Waals surface area contributed by atoms with Gasteiger partial charge >= 0.3 is 5.97 Å². The zero-order chi connectivity index (χ0) is 26.7. The quantitative estimate of drug-likeness (QED) is 0.290. The van der Waals surface area contributed by atoms with Gasteiger partial charge in [0.2, 0.25) is 0 Å². The summed E-state index contributed by atoms with van der Waals surface area (Å²) in [5, 5.41) is 0. The van der Waals surface area contributed by atoms with Gasteiger partial charge in [-0.15, -0.1) is 0 Å². The zero-order valence-electron chi connectivity index (χ0n) is 21.0. The normalized spacial score (nSPS) is 15.2. The molecule has 1 aromatic heterocycles. The van der Waals surface area contributed by atoms with Gasteiger partial charge in [-0.25, -0.2) is 9.79 Å². The van der Waals surface area contributed by atoms with Crippen LogP contribution >= 0.6 is 27.3 Å². The van der Waals surface area contributed by atoms with E-state index in [1.807, 2.05) is 37.3 Å². The number of aromatic nitrogens is 1. The maximum absolute atomic E-state index is 13.9. The Labute approximate surface area is 227 Å². The van der Waals surface area contributed by atoms with Crippen molar-refractivity contribution in [3.63, 3.8) is 0 Å². The first-order valence-electron chi connectivity index (χ1n) is 11.7. The largest absolute Gasteiger partial charge is 0.493 e. The van der Waals surface area contributed by atoms with Crippen LogP contribution in [-0.2, 0) is 9.53 Å². The van der Waals surface area contributed by atoms with Crippen LogP contribution in [0.4, 0.5) is 0 Å². The first kappa shape index (κ1) is 26.6. The highest BCUT2D eigenvalue weighted by Gasteiger charge is 2.33. The van der Waals surface area contributed by atoms with E-state index in [0.29, 0.717) is 37.7 Å². The van der Waals surface area contributed by atoms with Crippen LogP contribution in [0.2, 0.25) is 0 Å². The monoisotopic (exact) mass is 582 g/mol. The van der Waals surface area contributed by atoms with Gasteiger partial charge in [0.1, 0.15) is 6.61 Å². The van der Waals surface area contributed by atoms with E-state index >= 15 is 0 Å². The second kappa shape index (κ2) is 11.3. The average molecular weight is 584 g/mol. The van der Waals surface area contributed by atoms with Crippen LogP contribution in [0.25, 0.3) is 6.08 Å². The molecule has 0 N–H and O–H groups in total. The van der Waals surface area contributed by atoms with Crippen LogP contribution in [0.1, 0.15) is 36.6 Å². The highest BCUT2D eigenvalue weighted by molar-refractivity contribution is 9.10. The van der Waals surface area contributed by atoms with Gasteiger partial charge in [-0.2, -0.15) is 0 Å². The smallest absolute Gasteiger partial charge is 0.338 e. The molecular weight excluding hydrogens is 556 g/mol. The number of aryl methyl sites for hydroxylation is 1. The maximum Gasteiger partial charge on any atom is 0.338 e. The van der Waals surface area contributed by atoms with Crippen LogP contribution in [-0.4, -0.2) is 30.9 Å². The van der Waals surface area contributed by atoms with Gasteiger partial charge in [0.15, 0.2) is 16.3 Å². The first-order valence-corrected chi connectivity index (χ1v) is 13.3. The van der Waals surface area contributed by atoms with E-state index in [9.17, 15) is 9.59 Å². The Balaban J connectivity index is 1.97. The van der Waals surface area contributed by atoms with Gasteiger partial charge in [-0.3, -0.25) is 9.36 Å². The molecule has 0 saturated heterocycles. The van der Waals surface area contributed by atoms with Gasteiger partial charge < -0.3 is 14.2 Å². The number of hydrogen-bond acceptors (Lipinski definition) is 7. The van der Waals surface area contributed by atoms with Gasteiger partial charge in [0, 0.05) is 10.0 Å². The molecule has 1 atom stereocenters. The molecule has 0 amide bonds. The molecule has 0 radical (unpaired) electrons. The van der Waals surface area contributed by atoms with Crippen LogP contribution in [0.15, 0.2) is 74.6 Å². The van der Waals surface area contributed by atoms with E-state index in [1.54, 1.807) is 43.7 Å². The Hall–Kier alpha value is -3.43. The lowest BCUT2D eigenvalue weighted by molar-refractivity contribution is -0.139. The second-order valence-electron chi connectivity index (χ2n) is 8.34. The summed E-state index contributed by atoms with van der Waals surface area (Å²) in [6.07, 6.45) is 3.39. The number of nitrogens with zero attached hydrogens (tertiary/aromatic N) is 2. The lowest BCUT2D eigenvalue weighted by Gasteiger charge is -2.24. The number of ether oxygens (including phenoxy) is 3. The molecule has 1 aliphatic rings. The van der Waals surface area contributed by atoms with Crippen LogP contribution in [0, 0.1) is 6.92 Å². The third-order valence-corrected chi connectivity index (χ3v) is 7.25. The van der Waals surface area contributed by atoms with Gasteiger partial charge in [0.25, 0.3) is 5.56 Å². The summed E-state index contributed by atoms with van der Waals surface area (Å²) in [7, 11) is 1.56. The molecule has 0 unspecified atom stereocenters. The predicted molar refractivity (Wildman–Crippen MR) is 148 cm³/mol. The lowest BCUT2D eigenvalue weighted by atomic mass is 9.95. The number of fused-ring (bicyclic) bond motifs is 1. The van der Waals surface area contributed by atoms with Crippen molar-refractivity contribution in [3.05, 3.63) is 101 Å². The fraction of sp³-hybridized carbons (Fsp3) is 0.250. The number of carbonyl (C=O) groups excluding carboxylic acids is 1. The van der Waals surface area contributed by atoms with Crippen LogP contribution in [0.3, 0.4) is 0 Å². The van der Waals surface area contributed by atoms with Gasteiger partial charge in [-0.05, 0) is 44.5 Å². The van der Waals surface area contributed by atoms with E-state index in [0.717, 1.165) is 15.6 Å². The number of carbonyl (C=O) groups is 1. The molecule has 4 rings (SSSR count). The number of rotatable bonds is 8. The Morgan fingerprint density at radius 3 is 2.62 bits per heavy atom. The Morgan fingerprint density at radius 1 is 1.24 bits per heavy atom. The van der Waals surface area contributed by atoms with Crippen LogP contribution < -0.4 is 24.4 Å². The van der Waals surface area contributed by atoms with Crippen LogP contribution in [0.5, 0.6) is 11.5 Å². The summed E-state index contributed by atoms with van der Waals surface area (Å²) in [5.74, 6) is 0.531. The minimum absolute atomic E-state index is 0.221. The lowest BCUT2D eigenvalue weighted by Crippen LogP contribution is -2.39. The Morgan fingerprint density at radius 2 is 1.97 bits per heavy atom. The van der Waals surface area contributed by atoms with E-state index in [2.05, 4.69) is 27.5 Å². The SMILES string of the molecule is C=CCOc1c(/C=c2\sc3n(c2=O)[C@@H](c2ccc(C)cc2)C(C(=O)OCC)=C(C)N=3)cc(Br)cc1OC. The molecule has 2 heterocycles. The van der Waals surface area contributed by atoms with Crippen molar-refractivity contribution in [2.75, 3.05) is 20.3 Å². The van der Waals surface area contributed by atoms with Crippen molar-refractivity contribution < 1.29 is 19.0 Å². The summed E-state index contributed by atoms with van der Waals surface area (Å²) in [6, 6.07) is 10.8. The van der Waals surface area contributed by atoms with Crippen molar-refractivity contribution >= 4 is 39.3 Å². The standard InChI is InChI=1S/C28H27BrN2O5S/c1-6-12-36-25-19(13-20(29)15-21(25)34-5)14-22-26(32)31-24(18-10-8-16(3)9-11-18)23(27(33)35-7-2)17(4)30-28(31)37-22/h6,8-11,13-15,24H,1,7,12H2,2-5H3/b22-14-/t24-/m0/s1. The summed E-state index contributed by atoms with van der Waals surface area (Å²) in [4.78, 5) is 32.0. The summed E-state index contributed by atoms with van der Waals surface area (Å²) in [5.41, 5.74) is 3.14. The van der Waals surface area contributed by atoms with Crippen molar-refractivity contribution in [3.8, 4) is 11.5 Å². The number of methoxy groups -OCH3 is 1. The fourth-order valence-electron chi connectivity index (χ4n) is 4.14. The number of benzene rings is 2. The van der Waals surface area contributed by atoms with E-state index < -0.39 is 12.0 Å². The molecule has 1 aliphatic heterocycles. The highest BCUT2D eigenvalue weighted by atomic mass is 79.9. The molecule has 3 aromatic rings. The van der Waals surface area contributed by atoms with Crippen molar-refractivity contribution in [2.45, 2.75) is 26.8 Å². The van der Waals surface area contributed by atoms with Gasteiger partial charge in [-0.1, -0.05) is 69.8 Å². The maximum atomic E-state index is 13.9. The molecule has 0 spiro atoms. The molecule has 37 heavy (non-hydrogen) atoms. The third-order valence-electron chi connectivity index (χ3n) is 5.81. The van der Waals surface area contributed by atoms with E-state index in [4.69, 9.17) is 14.2 Å². The van der Waals surface area contributed by atoms with Crippen molar-refractivity contribution in [1.82, 2.24) is 4.57 Å². The summed E-state index contributed by atoms with van der Waals surface area (Å²) in [6.45, 7) is 9.72. The number of hydrogen-bond donors (Lipinski definition) is 0. The van der Waals surface area contributed by atoms with E-state index in [1.165, 1.54) is 11.3 Å². The molecular formula is C28H27BrN2O5S. The fourth-order valence-corrected chi connectivity index (χ4v) is 5.63. The molecule has 0 aliphatic carbocycles. The molecule has 7 nitrogen and oxygen atoms in total. The number of allylic oxidation sites excluding steroid dienone is 1. The minimum Gasteiger partial charge on any atom is -0.493 e. The average Bonchev–Trinajstić information content (AvgIpc) is 3.17. The Bertz CT molecular complexity index is 1570. The van der Waals surface area contributed by atoms with E-state index in [-0.39, 0.29) is 18.8 Å². The molecule has 2 aromatic carbocycles. The number of esters is 1.